The summed E-state index contributed by atoms with van der Waals surface area (Å²) in [5.41, 5.74) is 17.3. The summed E-state index contributed by atoms with van der Waals surface area (Å²) in [6.07, 6.45) is 0. The lowest BCUT2D eigenvalue weighted by atomic mass is 9.67. The number of para-hydroxylation sites is 3. The molecule has 67 heavy (non-hydrogen) atoms. The number of aryl methyl sites for hydroxylation is 1. The molecule has 0 saturated heterocycles. The predicted octanol–water partition coefficient (Wildman–Crippen LogP) is 17.1. The van der Waals surface area contributed by atoms with E-state index in [1.807, 2.05) is 0 Å². The Morgan fingerprint density at radius 2 is 0.896 bits per heavy atom. The fourth-order valence-corrected chi connectivity index (χ4v) is 11.1. The Hall–Kier alpha value is -8.14. The van der Waals surface area contributed by atoms with Crippen molar-refractivity contribution in [3.05, 3.63) is 264 Å². The first-order valence-electron chi connectivity index (χ1n) is 23.4. The van der Waals surface area contributed by atoms with Crippen LogP contribution in [0.3, 0.4) is 0 Å². The molecule has 0 bridgehead atoms. The predicted molar refractivity (Wildman–Crippen MR) is 283 cm³/mol. The molecular formula is C64H51N3. The second kappa shape index (κ2) is 15.8. The van der Waals surface area contributed by atoms with Crippen LogP contribution in [0, 0.1) is 0 Å². The Balaban J connectivity index is 1.19. The van der Waals surface area contributed by atoms with Crippen molar-refractivity contribution in [3.63, 3.8) is 0 Å². The zero-order valence-electron chi connectivity index (χ0n) is 38.4. The molecule has 0 fully saturated rings. The molecule has 0 spiro atoms. The fourth-order valence-electron chi connectivity index (χ4n) is 11.1. The minimum Gasteiger partial charge on any atom is -0.344 e. The van der Waals surface area contributed by atoms with Gasteiger partial charge in [-0.25, -0.2) is 0 Å². The Morgan fingerprint density at radius 3 is 1.52 bits per heavy atom. The van der Waals surface area contributed by atoms with Gasteiger partial charge in [-0.1, -0.05) is 185 Å². The van der Waals surface area contributed by atoms with E-state index < -0.39 is 5.41 Å². The van der Waals surface area contributed by atoms with Gasteiger partial charge >= 0.3 is 0 Å². The summed E-state index contributed by atoms with van der Waals surface area (Å²) in [6, 6.07) is 87.7. The lowest BCUT2D eigenvalue weighted by molar-refractivity contribution is 0.590. The smallest absolute Gasteiger partial charge is 0.0715 e. The van der Waals surface area contributed by atoms with Crippen LogP contribution in [-0.4, -0.2) is 4.57 Å². The zero-order chi connectivity index (χ0) is 45.3. The molecule has 10 aromatic carbocycles. The molecule has 1 aliphatic carbocycles. The Bertz CT molecular complexity index is 3570. The van der Waals surface area contributed by atoms with E-state index in [-0.39, 0.29) is 5.41 Å². The van der Waals surface area contributed by atoms with Crippen molar-refractivity contribution in [1.29, 1.82) is 0 Å². The summed E-state index contributed by atoms with van der Waals surface area (Å²) in [7, 11) is 2.19. The van der Waals surface area contributed by atoms with E-state index in [0.717, 1.165) is 34.1 Å². The van der Waals surface area contributed by atoms with Gasteiger partial charge in [-0.3, -0.25) is 0 Å². The highest BCUT2D eigenvalue weighted by Crippen LogP contribution is 2.61. The van der Waals surface area contributed by atoms with Crippen LogP contribution in [0.5, 0.6) is 0 Å². The third kappa shape index (κ3) is 6.33. The average molecular weight is 862 g/mol. The first kappa shape index (κ1) is 40.4. The molecule has 0 N–H and O–H groups in total. The maximum absolute atomic E-state index is 2.54. The summed E-state index contributed by atoms with van der Waals surface area (Å²) in [6.45, 7) is 6.83. The van der Waals surface area contributed by atoms with Gasteiger partial charge in [-0.05, 0) is 123 Å². The highest BCUT2D eigenvalue weighted by Gasteiger charge is 2.48. The van der Waals surface area contributed by atoms with Crippen molar-refractivity contribution in [1.82, 2.24) is 4.57 Å². The van der Waals surface area contributed by atoms with Crippen LogP contribution in [0.2, 0.25) is 0 Å². The number of rotatable bonds is 8. The van der Waals surface area contributed by atoms with Gasteiger partial charge in [0.15, 0.2) is 0 Å². The van der Waals surface area contributed by atoms with Crippen molar-refractivity contribution in [3.8, 4) is 11.1 Å². The number of nitrogens with zero attached hydrogens (tertiary/aromatic N) is 3. The summed E-state index contributed by atoms with van der Waals surface area (Å²) in [4.78, 5) is 4.94. The van der Waals surface area contributed by atoms with Gasteiger partial charge in [-0.2, -0.15) is 0 Å². The van der Waals surface area contributed by atoms with E-state index in [1.165, 1.54) is 71.5 Å². The van der Waals surface area contributed by atoms with E-state index in [9.17, 15) is 0 Å². The lowest BCUT2D eigenvalue weighted by Crippen LogP contribution is -2.29. The number of hydrogen-bond donors (Lipinski definition) is 0. The van der Waals surface area contributed by atoms with Gasteiger partial charge in [-0.15, -0.1) is 0 Å². The first-order valence-corrected chi connectivity index (χ1v) is 23.4. The summed E-state index contributed by atoms with van der Waals surface area (Å²) >= 11 is 0. The Morgan fingerprint density at radius 1 is 0.388 bits per heavy atom. The second-order valence-electron chi connectivity index (χ2n) is 19.0. The van der Waals surface area contributed by atoms with E-state index >= 15 is 0 Å². The normalized spacial score (nSPS) is 12.9. The fraction of sp³-hybridized carbons (Fsp3) is 0.0938. The Labute approximate surface area is 393 Å². The number of anilines is 6. The molecule has 0 amide bonds. The monoisotopic (exact) mass is 861 g/mol. The SMILES string of the molecule is Cn1c2ccccc2c2c(N(c3ccccc3)c3cc4c(c5ccccc35)-c3ccc(N(c5ccccc5)c5ccc(C(C)(C)C)cc5)cc3C4(c3ccccc3)c3ccccc3)cccc21. The quantitative estimate of drug-likeness (QED) is 0.151. The van der Waals surface area contributed by atoms with Gasteiger partial charge < -0.3 is 14.4 Å². The van der Waals surface area contributed by atoms with Crippen LogP contribution in [0.15, 0.2) is 237 Å². The molecule has 0 unspecified atom stereocenters. The van der Waals surface area contributed by atoms with Crippen molar-refractivity contribution < 1.29 is 0 Å². The molecule has 0 atom stereocenters. The van der Waals surface area contributed by atoms with Crippen LogP contribution in [0.1, 0.15) is 48.6 Å². The molecule has 1 heterocycles. The van der Waals surface area contributed by atoms with Crippen molar-refractivity contribution >= 4 is 66.7 Å². The van der Waals surface area contributed by atoms with E-state index in [1.54, 1.807) is 0 Å². The molecule has 3 heteroatoms. The first-order chi connectivity index (χ1) is 32.8. The van der Waals surface area contributed by atoms with Crippen molar-refractivity contribution in [2.45, 2.75) is 31.6 Å². The molecule has 1 aromatic heterocycles. The lowest BCUT2D eigenvalue weighted by Gasteiger charge is -2.36. The van der Waals surface area contributed by atoms with E-state index in [4.69, 9.17) is 0 Å². The van der Waals surface area contributed by atoms with E-state index in [0.29, 0.717) is 0 Å². The summed E-state index contributed by atoms with van der Waals surface area (Å²) in [5.74, 6) is 0. The molecule has 0 aliphatic heterocycles. The molecular weight excluding hydrogens is 811 g/mol. The standard InChI is InChI=1S/C64H51N3/c1-63(2,3)44-36-38-49(39-37-44)66(47-26-13-7-14-27-47)50-40-41-53-55(42-50)64(45-22-9-5-10-23-45,46-24-11-6-12-25-46)56-43-60(51-30-17-18-31-52(51)61(53)56)67(48-28-15-8-16-29-48)59-35-21-34-58-62(59)54-32-19-20-33-57(54)65(58)4/h5-43H,1-4H3. The number of benzene rings is 10. The molecule has 1 aliphatic rings. The van der Waals surface area contributed by atoms with Crippen molar-refractivity contribution in [2.24, 2.45) is 7.05 Å². The highest BCUT2D eigenvalue weighted by atomic mass is 15.2. The number of aromatic nitrogens is 1. The molecule has 12 rings (SSSR count). The molecule has 0 radical (unpaired) electrons. The number of hydrogen-bond acceptors (Lipinski definition) is 2. The third-order valence-corrected chi connectivity index (χ3v) is 14.2. The maximum atomic E-state index is 2.54. The molecule has 11 aromatic rings. The van der Waals surface area contributed by atoms with Gasteiger partial charge in [0.25, 0.3) is 0 Å². The van der Waals surface area contributed by atoms with Gasteiger partial charge in [0, 0.05) is 51.5 Å². The van der Waals surface area contributed by atoms with Crippen molar-refractivity contribution in [2.75, 3.05) is 9.80 Å². The van der Waals surface area contributed by atoms with Gasteiger partial charge in [0.05, 0.1) is 22.3 Å². The Kier molecular flexibility index (Phi) is 9.51. The van der Waals surface area contributed by atoms with Crippen LogP contribution in [-0.2, 0) is 17.9 Å². The largest absolute Gasteiger partial charge is 0.344 e. The van der Waals surface area contributed by atoms with Crippen LogP contribution >= 0.6 is 0 Å². The second-order valence-corrected chi connectivity index (χ2v) is 19.0. The summed E-state index contributed by atoms with van der Waals surface area (Å²) in [5, 5.41) is 4.89. The zero-order valence-corrected chi connectivity index (χ0v) is 38.4. The molecule has 0 saturated carbocycles. The summed E-state index contributed by atoms with van der Waals surface area (Å²) < 4.78 is 2.33. The minimum atomic E-state index is -0.686. The van der Waals surface area contributed by atoms with Crippen LogP contribution in [0.25, 0.3) is 43.7 Å². The average Bonchev–Trinajstić information content (AvgIpc) is 3.84. The maximum Gasteiger partial charge on any atom is 0.0715 e. The number of fused-ring (bicyclic) bond motifs is 8. The highest BCUT2D eigenvalue weighted by molar-refractivity contribution is 6.18. The van der Waals surface area contributed by atoms with Crippen LogP contribution in [0.4, 0.5) is 34.1 Å². The topological polar surface area (TPSA) is 11.4 Å². The molecule has 3 nitrogen and oxygen atoms in total. The van der Waals surface area contributed by atoms with Gasteiger partial charge in [0.1, 0.15) is 0 Å². The van der Waals surface area contributed by atoms with E-state index in [2.05, 4.69) is 279 Å². The minimum absolute atomic E-state index is 0.0412. The van der Waals surface area contributed by atoms with Gasteiger partial charge in [0.2, 0.25) is 0 Å². The van der Waals surface area contributed by atoms with Crippen LogP contribution < -0.4 is 9.80 Å². The molecule has 322 valence electrons. The third-order valence-electron chi connectivity index (χ3n) is 14.2.